The Balaban J connectivity index is 1.44. The molecule has 2 fully saturated rings. The highest BCUT2D eigenvalue weighted by Gasteiger charge is 2.60. The van der Waals surface area contributed by atoms with Crippen LogP contribution in [0.5, 0.6) is 5.75 Å². The van der Waals surface area contributed by atoms with Gasteiger partial charge in [0.15, 0.2) is 0 Å². The molecule has 3 heterocycles. The summed E-state index contributed by atoms with van der Waals surface area (Å²) >= 11 is 0. The highest BCUT2D eigenvalue weighted by molar-refractivity contribution is 7.93. The van der Waals surface area contributed by atoms with E-state index in [0.29, 0.717) is 29.8 Å². The summed E-state index contributed by atoms with van der Waals surface area (Å²) in [6.07, 6.45) is 4.04. The summed E-state index contributed by atoms with van der Waals surface area (Å²) < 4.78 is 60.6. The van der Waals surface area contributed by atoms with Crippen molar-refractivity contribution in [3.63, 3.8) is 0 Å². The molecule has 0 radical (unpaired) electrons. The number of rotatable bonds is 7. The van der Waals surface area contributed by atoms with E-state index in [0.717, 1.165) is 29.7 Å². The Bertz CT molecular complexity index is 1720. The molecule has 1 aromatic heterocycles. The van der Waals surface area contributed by atoms with E-state index in [4.69, 9.17) is 4.74 Å². The number of sulfone groups is 1. The number of aryl methyl sites for hydroxylation is 1. The second-order valence-corrected chi connectivity index (χ2v) is 15.4. The maximum Gasteiger partial charge on any atom is 0.264 e. The number of pyridine rings is 1. The van der Waals surface area contributed by atoms with E-state index in [-0.39, 0.29) is 34.8 Å². The van der Waals surface area contributed by atoms with Crippen LogP contribution < -0.4 is 14.4 Å². The van der Waals surface area contributed by atoms with Crippen molar-refractivity contribution in [3.05, 3.63) is 83.2 Å². The van der Waals surface area contributed by atoms with Crippen molar-refractivity contribution in [2.24, 2.45) is 5.92 Å². The number of nitrogens with one attached hydrogen (secondary N) is 1. The van der Waals surface area contributed by atoms with Crippen molar-refractivity contribution in [2.75, 3.05) is 22.9 Å². The van der Waals surface area contributed by atoms with E-state index in [1.807, 2.05) is 19.1 Å². The minimum absolute atomic E-state index is 0.0158. The van der Waals surface area contributed by atoms with Gasteiger partial charge >= 0.3 is 0 Å². The van der Waals surface area contributed by atoms with Crippen LogP contribution in [0, 0.1) is 12.8 Å². The van der Waals surface area contributed by atoms with E-state index >= 15 is 0 Å². The highest BCUT2D eigenvalue weighted by Crippen LogP contribution is 2.59. The SMILES string of the molecule is COc1cccc(S(=O)(=O)N2c3ccc(C(=O)NCc4ncccc4C)cc3C3(CCS(=O)(=O)CC3)C2C2CC2)c1. The number of sulfonamides is 1. The third-order valence-electron chi connectivity index (χ3n) is 8.77. The fourth-order valence-electron chi connectivity index (χ4n) is 6.45. The minimum Gasteiger partial charge on any atom is -0.497 e. The fourth-order valence-corrected chi connectivity index (χ4v) is 9.84. The lowest BCUT2D eigenvalue weighted by Crippen LogP contribution is -2.52. The van der Waals surface area contributed by atoms with Gasteiger partial charge in [-0.2, -0.15) is 0 Å². The monoisotopic (exact) mass is 595 g/mol. The second-order valence-electron chi connectivity index (χ2n) is 11.3. The van der Waals surface area contributed by atoms with E-state index < -0.39 is 31.3 Å². The standard InChI is InChI=1S/C30H33N3O6S2/c1-20-5-4-14-31-26(20)19-32-29(34)22-10-11-27-25(17-22)30(12-15-40(35,36)16-13-30)28(21-8-9-21)33(27)41(37,38)24-7-3-6-23(18-24)39-2/h3-7,10-11,14,17-18,21,28H,8-9,12-13,15-16,19H2,1-2H3,(H,32,34). The van der Waals surface area contributed by atoms with Crippen LogP contribution in [0.2, 0.25) is 0 Å². The first-order valence-corrected chi connectivity index (χ1v) is 17.0. The number of ether oxygens (including phenoxy) is 1. The number of fused-ring (bicyclic) bond motifs is 2. The zero-order valence-corrected chi connectivity index (χ0v) is 24.7. The van der Waals surface area contributed by atoms with Gasteiger partial charge in [-0.1, -0.05) is 12.1 Å². The first kappa shape index (κ1) is 27.7. The van der Waals surface area contributed by atoms with Crippen molar-refractivity contribution >= 4 is 31.5 Å². The molecule has 2 aliphatic heterocycles. The lowest BCUT2D eigenvalue weighted by Gasteiger charge is -2.41. The number of benzene rings is 2. The third-order valence-corrected chi connectivity index (χ3v) is 12.2. The highest BCUT2D eigenvalue weighted by atomic mass is 32.2. The maximum atomic E-state index is 14.3. The topological polar surface area (TPSA) is 123 Å². The van der Waals surface area contributed by atoms with Crippen LogP contribution in [0.15, 0.2) is 65.7 Å². The number of amides is 1. The van der Waals surface area contributed by atoms with Crippen LogP contribution in [-0.4, -0.2) is 52.4 Å². The second kappa shape index (κ2) is 10.1. The van der Waals surface area contributed by atoms with Crippen LogP contribution in [0.3, 0.4) is 0 Å². The molecule has 2 aromatic carbocycles. The molecule has 216 valence electrons. The number of carbonyl (C=O) groups is 1. The lowest BCUT2D eigenvalue weighted by molar-refractivity contribution is 0.0950. The van der Waals surface area contributed by atoms with E-state index in [1.54, 1.807) is 42.6 Å². The summed E-state index contributed by atoms with van der Waals surface area (Å²) in [5, 5.41) is 2.93. The molecule has 1 unspecified atom stereocenters. The van der Waals surface area contributed by atoms with Crippen LogP contribution in [0.1, 0.15) is 52.9 Å². The summed E-state index contributed by atoms with van der Waals surface area (Å²) in [6, 6.07) is 14.9. The molecule has 41 heavy (non-hydrogen) atoms. The number of methoxy groups -OCH3 is 1. The van der Waals surface area contributed by atoms with Crippen LogP contribution in [0.25, 0.3) is 0 Å². The zero-order chi connectivity index (χ0) is 29.0. The van der Waals surface area contributed by atoms with Crippen molar-refractivity contribution in [1.29, 1.82) is 0 Å². The predicted octanol–water partition coefficient (Wildman–Crippen LogP) is 3.76. The predicted molar refractivity (Wildman–Crippen MR) is 155 cm³/mol. The molecule has 1 atom stereocenters. The molecule has 6 rings (SSSR count). The average Bonchev–Trinajstić information content (AvgIpc) is 3.77. The third kappa shape index (κ3) is 4.88. The molecule has 1 saturated carbocycles. The zero-order valence-electron chi connectivity index (χ0n) is 23.0. The molecular formula is C30H33N3O6S2. The van der Waals surface area contributed by atoms with Crippen LogP contribution in [-0.2, 0) is 31.8 Å². The van der Waals surface area contributed by atoms with Crippen LogP contribution in [0.4, 0.5) is 5.69 Å². The summed E-state index contributed by atoms with van der Waals surface area (Å²) in [7, 11) is -5.77. The molecule has 1 saturated heterocycles. The quantitative estimate of drug-likeness (QED) is 0.441. The maximum absolute atomic E-state index is 14.3. The number of hydrogen-bond donors (Lipinski definition) is 1. The van der Waals surface area contributed by atoms with E-state index in [2.05, 4.69) is 10.3 Å². The first-order chi connectivity index (χ1) is 19.6. The molecule has 11 heteroatoms. The molecule has 3 aliphatic rings. The molecule has 3 aromatic rings. The Labute approximate surface area is 240 Å². The van der Waals surface area contributed by atoms with Gasteiger partial charge in [-0.25, -0.2) is 16.8 Å². The summed E-state index contributed by atoms with van der Waals surface area (Å²) in [5.74, 6) is 0.208. The Kier molecular flexibility index (Phi) is 6.85. The van der Waals surface area contributed by atoms with E-state index in [1.165, 1.54) is 17.5 Å². The normalized spacial score (nSPS) is 20.9. The van der Waals surface area contributed by atoms with Gasteiger partial charge in [-0.15, -0.1) is 0 Å². The number of carbonyl (C=O) groups excluding carboxylic acids is 1. The first-order valence-electron chi connectivity index (χ1n) is 13.8. The van der Waals surface area contributed by atoms with Gasteiger partial charge in [-0.3, -0.25) is 14.1 Å². The van der Waals surface area contributed by atoms with Crippen molar-refractivity contribution in [1.82, 2.24) is 10.3 Å². The number of hydrogen-bond acceptors (Lipinski definition) is 7. The molecular weight excluding hydrogens is 562 g/mol. The van der Waals surface area contributed by atoms with Gasteiger partial charge in [0.25, 0.3) is 15.9 Å². The molecule has 9 nitrogen and oxygen atoms in total. The van der Waals surface area contributed by atoms with E-state index in [9.17, 15) is 21.6 Å². The molecule has 1 aliphatic carbocycles. The average molecular weight is 596 g/mol. The molecule has 1 spiro atoms. The van der Waals surface area contributed by atoms with Gasteiger partial charge in [0.05, 0.1) is 47.5 Å². The molecule has 0 bridgehead atoms. The van der Waals surface area contributed by atoms with Gasteiger partial charge in [0, 0.05) is 23.2 Å². The van der Waals surface area contributed by atoms with Crippen molar-refractivity contribution in [3.8, 4) is 5.75 Å². The summed E-state index contributed by atoms with van der Waals surface area (Å²) in [6.45, 7) is 2.19. The summed E-state index contributed by atoms with van der Waals surface area (Å²) in [4.78, 5) is 17.8. The number of anilines is 1. The molecule has 1 N–H and O–H groups in total. The van der Waals surface area contributed by atoms with Gasteiger partial charge in [0.2, 0.25) is 0 Å². The minimum atomic E-state index is -4.03. The Hall–Kier alpha value is -3.44. The smallest absolute Gasteiger partial charge is 0.264 e. The van der Waals surface area contributed by atoms with Crippen molar-refractivity contribution in [2.45, 2.75) is 55.5 Å². The largest absolute Gasteiger partial charge is 0.497 e. The number of nitrogens with zero attached hydrogens (tertiary/aromatic N) is 2. The van der Waals surface area contributed by atoms with Crippen LogP contribution >= 0.6 is 0 Å². The Morgan fingerprint density at radius 1 is 1.10 bits per heavy atom. The van der Waals surface area contributed by atoms with Gasteiger partial charge in [0.1, 0.15) is 15.6 Å². The van der Waals surface area contributed by atoms with Crippen molar-refractivity contribution < 1.29 is 26.4 Å². The lowest BCUT2D eigenvalue weighted by atomic mass is 9.70. The van der Waals surface area contributed by atoms with Gasteiger partial charge < -0.3 is 10.1 Å². The number of aromatic nitrogens is 1. The Morgan fingerprint density at radius 2 is 1.85 bits per heavy atom. The molecule has 1 amide bonds. The fraction of sp³-hybridized carbons (Fsp3) is 0.400. The Morgan fingerprint density at radius 3 is 2.54 bits per heavy atom. The summed E-state index contributed by atoms with van der Waals surface area (Å²) in [5.41, 5.74) is 2.68. The van der Waals surface area contributed by atoms with Gasteiger partial charge in [-0.05, 0) is 86.1 Å².